The standard InChI is InChI=1S/C14H16N2/c1-11-5-3-6-12(2)13(11)7-4-8-14-15-9-10-16-14/h3-6,8-10H,7H2,1-2H3,(H,15,16). The summed E-state index contributed by atoms with van der Waals surface area (Å²) in [5, 5.41) is 0. The van der Waals surface area contributed by atoms with Crippen molar-refractivity contribution in [3.05, 3.63) is 59.2 Å². The smallest absolute Gasteiger partial charge is 0.129 e. The molecule has 1 N–H and O–H groups in total. The van der Waals surface area contributed by atoms with Gasteiger partial charge >= 0.3 is 0 Å². The topological polar surface area (TPSA) is 28.7 Å². The highest BCUT2D eigenvalue weighted by molar-refractivity contribution is 5.43. The Morgan fingerprint density at radius 1 is 1.25 bits per heavy atom. The van der Waals surface area contributed by atoms with E-state index in [1.54, 1.807) is 6.20 Å². The van der Waals surface area contributed by atoms with Crippen LogP contribution in [0.3, 0.4) is 0 Å². The zero-order valence-electron chi connectivity index (χ0n) is 9.70. The van der Waals surface area contributed by atoms with Gasteiger partial charge < -0.3 is 4.98 Å². The maximum Gasteiger partial charge on any atom is 0.129 e. The second kappa shape index (κ2) is 4.79. The summed E-state index contributed by atoms with van der Waals surface area (Å²) < 4.78 is 0. The van der Waals surface area contributed by atoms with Gasteiger partial charge in [0.15, 0.2) is 0 Å². The highest BCUT2D eigenvalue weighted by Crippen LogP contribution is 2.14. The minimum atomic E-state index is 0.909. The highest BCUT2D eigenvalue weighted by atomic mass is 14.9. The van der Waals surface area contributed by atoms with Crippen LogP contribution in [-0.4, -0.2) is 9.97 Å². The number of allylic oxidation sites excluding steroid dienone is 1. The zero-order chi connectivity index (χ0) is 11.4. The summed E-state index contributed by atoms with van der Waals surface area (Å²) in [7, 11) is 0. The molecule has 0 fully saturated rings. The molecule has 0 radical (unpaired) electrons. The Morgan fingerprint density at radius 2 is 2.00 bits per heavy atom. The first-order valence-corrected chi connectivity index (χ1v) is 5.48. The zero-order valence-corrected chi connectivity index (χ0v) is 9.70. The van der Waals surface area contributed by atoms with Gasteiger partial charge in [0.2, 0.25) is 0 Å². The molecule has 2 rings (SSSR count). The lowest BCUT2D eigenvalue weighted by Crippen LogP contribution is -1.91. The number of aromatic nitrogens is 2. The molecule has 2 heteroatoms. The van der Waals surface area contributed by atoms with Crippen molar-refractivity contribution in [2.45, 2.75) is 20.3 Å². The molecule has 82 valence electrons. The van der Waals surface area contributed by atoms with Gasteiger partial charge in [-0.15, -0.1) is 0 Å². The van der Waals surface area contributed by atoms with Crippen LogP contribution in [0.2, 0.25) is 0 Å². The molecular formula is C14H16N2. The van der Waals surface area contributed by atoms with Gasteiger partial charge in [-0.1, -0.05) is 24.3 Å². The summed E-state index contributed by atoms with van der Waals surface area (Å²) >= 11 is 0. The summed E-state index contributed by atoms with van der Waals surface area (Å²) in [6.07, 6.45) is 8.72. The van der Waals surface area contributed by atoms with E-state index in [0.29, 0.717) is 0 Å². The highest BCUT2D eigenvalue weighted by Gasteiger charge is 1.99. The number of nitrogens with one attached hydrogen (secondary N) is 1. The van der Waals surface area contributed by atoms with E-state index in [4.69, 9.17) is 0 Å². The summed E-state index contributed by atoms with van der Waals surface area (Å²) in [5.74, 6) is 0.909. The Kier molecular flexibility index (Phi) is 3.20. The number of H-pyrrole nitrogens is 1. The molecule has 1 heterocycles. The molecule has 2 nitrogen and oxygen atoms in total. The number of aromatic amines is 1. The average Bonchev–Trinajstić information content (AvgIpc) is 2.75. The van der Waals surface area contributed by atoms with Crippen molar-refractivity contribution in [1.29, 1.82) is 0 Å². The van der Waals surface area contributed by atoms with Gasteiger partial charge in [0.05, 0.1) is 0 Å². The van der Waals surface area contributed by atoms with Crippen molar-refractivity contribution in [1.82, 2.24) is 9.97 Å². The monoisotopic (exact) mass is 212 g/mol. The minimum Gasteiger partial charge on any atom is -0.345 e. The molecule has 0 spiro atoms. The quantitative estimate of drug-likeness (QED) is 0.831. The third-order valence-corrected chi connectivity index (χ3v) is 2.76. The third kappa shape index (κ3) is 2.40. The van der Waals surface area contributed by atoms with E-state index >= 15 is 0 Å². The number of benzene rings is 1. The largest absolute Gasteiger partial charge is 0.345 e. The lowest BCUT2D eigenvalue weighted by Gasteiger charge is -2.06. The van der Waals surface area contributed by atoms with Crippen molar-refractivity contribution < 1.29 is 0 Å². The summed E-state index contributed by atoms with van der Waals surface area (Å²) in [5.41, 5.74) is 4.11. The number of rotatable bonds is 3. The van der Waals surface area contributed by atoms with Crippen LogP contribution in [-0.2, 0) is 6.42 Å². The Morgan fingerprint density at radius 3 is 2.62 bits per heavy atom. The van der Waals surface area contributed by atoms with Gasteiger partial charge in [0.1, 0.15) is 5.82 Å². The first-order chi connectivity index (χ1) is 7.77. The molecule has 0 aliphatic heterocycles. The van der Waals surface area contributed by atoms with Crippen LogP contribution in [0, 0.1) is 13.8 Å². The Balaban J connectivity index is 2.10. The summed E-state index contributed by atoms with van der Waals surface area (Å²) in [4.78, 5) is 7.20. The molecule has 16 heavy (non-hydrogen) atoms. The Bertz CT molecular complexity index is 461. The predicted molar refractivity (Wildman–Crippen MR) is 67.2 cm³/mol. The van der Waals surface area contributed by atoms with Crippen molar-refractivity contribution in [2.75, 3.05) is 0 Å². The van der Waals surface area contributed by atoms with Gasteiger partial charge in [-0.2, -0.15) is 0 Å². The Hall–Kier alpha value is -1.83. The fraction of sp³-hybridized carbons (Fsp3) is 0.214. The molecule has 0 aliphatic rings. The maximum absolute atomic E-state index is 4.15. The minimum absolute atomic E-state index is 0.909. The fourth-order valence-corrected chi connectivity index (χ4v) is 1.83. The van der Waals surface area contributed by atoms with Crippen molar-refractivity contribution >= 4 is 6.08 Å². The van der Waals surface area contributed by atoms with E-state index in [9.17, 15) is 0 Å². The van der Waals surface area contributed by atoms with Crippen molar-refractivity contribution in [3.8, 4) is 0 Å². The molecular weight excluding hydrogens is 196 g/mol. The lowest BCUT2D eigenvalue weighted by atomic mass is 10.00. The SMILES string of the molecule is Cc1cccc(C)c1CC=Cc1ncc[nH]1. The van der Waals surface area contributed by atoms with Gasteiger partial charge in [-0.05, 0) is 43.0 Å². The number of hydrogen-bond acceptors (Lipinski definition) is 1. The van der Waals surface area contributed by atoms with Crippen molar-refractivity contribution in [3.63, 3.8) is 0 Å². The number of nitrogens with zero attached hydrogens (tertiary/aromatic N) is 1. The molecule has 1 aromatic carbocycles. The number of imidazole rings is 1. The molecule has 1 aromatic heterocycles. The maximum atomic E-state index is 4.15. The van der Waals surface area contributed by atoms with Crippen LogP contribution < -0.4 is 0 Å². The second-order valence-corrected chi connectivity index (χ2v) is 3.95. The van der Waals surface area contributed by atoms with E-state index in [2.05, 4.69) is 48.1 Å². The first kappa shape index (κ1) is 10.7. The molecule has 0 amide bonds. The Labute approximate surface area is 96.1 Å². The molecule has 0 bridgehead atoms. The molecule has 0 aliphatic carbocycles. The average molecular weight is 212 g/mol. The van der Waals surface area contributed by atoms with Crippen LogP contribution in [0.5, 0.6) is 0 Å². The van der Waals surface area contributed by atoms with Crippen LogP contribution in [0.15, 0.2) is 36.7 Å². The van der Waals surface area contributed by atoms with Gasteiger partial charge in [-0.25, -0.2) is 4.98 Å². The second-order valence-electron chi connectivity index (χ2n) is 3.95. The molecule has 2 aromatic rings. The summed E-state index contributed by atoms with van der Waals surface area (Å²) in [6, 6.07) is 6.41. The van der Waals surface area contributed by atoms with E-state index in [-0.39, 0.29) is 0 Å². The van der Waals surface area contributed by atoms with Gasteiger partial charge in [0.25, 0.3) is 0 Å². The van der Waals surface area contributed by atoms with Gasteiger partial charge in [0, 0.05) is 12.4 Å². The van der Waals surface area contributed by atoms with E-state index < -0.39 is 0 Å². The van der Waals surface area contributed by atoms with Gasteiger partial charge in [-0.3, -0.25) is 0 Å². The van der Waals surface area contributed by atoms with Crippen LogP contribution >= 0.6 is 0 Å². The molecule has 0 unspecified atom stereocenters. The summed E-state index contributed by atoms with van der Waals surface area (Å²) in [6.45, 7) is 4.31. The normalized spacial score (nSPS) is 11.1. The van der Waals surface area contributed by atoms with E-state index in [1.165, 1.54) is 16.7 Å². The third-order valence-electron chi connectivity index (χ3n) is 2.76. The van der Waals surface area contributed by atoms with Crippen LogP contribution in [0.25, 0.3) is 6.08 Å². The first-order valence-electron chi connectivity index (χ1n) is 5.48. The number of hydrogen-bond donors (Lipinski definition) is 1. The van der Waals surface area contributed by atoms with E-state index in [0.717, 1.165) is 12.2 Å². The van der Waals surface area contributed by atoms with Crippen LogP contribution in [0.4, 0.5) is 0 Å². The fourth-order valence-electron chi connectivity index (χ4n) is 1.83. The lowest BCUT2D eigenvalue weighted by molar-refractivity contribution is 1.16. The number of aryl methyl sites for hydroxylation is 2. The molecule has 0 saturated carbocycles. The van der Waals surface area contributed by atoms with E-state index in [1.807, 2.05) is 12.3 Å². The van der Waals surface area contributed by atoms with Crippen molar-refractivity contribution in [2.24, 2.45) is 0 Å². The van der Waals surface area contributed by atoms with Crippen LogP contribution in [0.1, 0.15) is 22.5 Å². The molecule has 0 atom stereocenters. The molecule has 0 saturated heterocycles. The predicted octanol–water partition coefficient (Wildman–Crippen LogP) is 3.28.